The van der Waals surface area contributed by atoms with Crippen molar-refractivity contribution in [3.8, 4) is 0 Å². The number of benzene rings is 1. The van der Waals surface area contributed by atoms with Crippen LogP contribution < -0.4 is 10.6 Å². The fourth-order valence-corrected chi connectivity index (χ4v) is 4.24. The number of nitrogens with zero attached hydrogens (tertiary/aromatic N) is 2. The van der Waals surface area contributed by atoms with E-state index >= 15 is 0 Å². The lowest BCUT2D eigenvalue weighted by Gasteiger charge is -2.32. The van der Waals surface area contributed by atoms with Crippen LogP contribution in [0.5, 0.6) is 0 Å². The summed E-state index contributed by atoms with van der Waals surface area (Å²) in [7, 11) is -2.89. The van der Waals surface area contributed by atoms with Crippen LogP contribution in [-0.2, 0) is 16.3 Å². The number of hydrogen-bond donors (Lipinski definition) is 2. The van der Waals surface area contributed by atoms with E-state index in [0.29, 0.717) is 18.5 Å². The molecule has 1 aliphatic heterocycles. The second-order valence-electron chi connectivity index (χ2n) is 8.65. The van der Waals surface area contributed by atoms with Gasteiger partial charge < -0.3 is 15.5 Å². The molecule has 0 atom stereocenters. The third-order valence-corrected chi connectivity index (χ3v) is 6.51. The standard InChI is InChI=1S/C23H40N4O2S/c1-5-24-23(25-14-6-7-20-8-10-21(11-9-20)19(2)3)26-22-12-15-27(16-13-22)17-18-30(4,28)29/h8-11,19,22H,5-7,12-18H2,1-4H3,(H2,24,25,26). The molecule has 1 saturated heterocycles. The first-order chi connectivity index (χ1) is 14.3. The van der Waals surface area contributed by atoms with Gasteiger partial charge in [0.15, 0.2) is 5.96 Å². The van der Waals surface area contributed by atoms with Crippen LogP contribution in [0, 0.1) is 0 Å². The minimum Gasteiger partial charge on any atom is -0.357 e. The molecule has 1 aromatic rings. The van der Waals surface area contributed by atoms with Gasteiger partial charge in [-0.2, -0.15) is 0 Å². The van der Waals surface area contributed by atoms with Crippen molar-refractivity contribution in [1.29, 1.82) is 0 Å². The van der Waals surface area contributed by atoms with Crippen molar-refractivity contribution in [3.63, 3.8) is 0 Å². The highest BCUT2D eigenvalue weighted by atomic mass is 32.2. The highest BCUT2D eigenvalue weighted by molar-refractivity contribution is 7.90. The topological polar surface area (TPSA) is 73.8 Å². The molecule has 0 spiro atoms. The van der Waals surface area contributed by atoms with E-state index in [1.807, 2.05) is 0 Å². The van der Waals surface area contributed by atoms with Gasteiger partial charge in [-0.15, -0.1) is 0 Å². The number of aryl methyl sites for hydroxylation is 1. The molecule has 0 aliphatic carbocycles. The van der Waals surface area contributed by atoms with Crippen LogP contribution in [0.15, 0.2) is 29.3 Å². The van der Waals surface area contributed by atoms with Crippen molar-refractivity contribution < 1.29 is 8.42 Å². The van der Waals surface area contributed by atoms with Crippen LogP contribution in [0.4, 0.5) is 0 Å². The zero-order valence-corrected chi connectivity index (χ0v) is 20.0. The quantitative estimate of drug-likeness (QED) is 0.335. The number of hydrogen-bond acceptors (Lipinski definition) is 4. The van der Waals surface area contributed by atoms with Crippen molar-refractivity contribution in [3.05, 3.63) is 35.4 Å². The third-order valence-electron chi connectivity index (χ3n) is 5.59. The van der Waals surface area contributed by atoms with Crippen LogP contribution >= 0.6 is 0 Å². The summed E-state index contributed by atoms with van der Waals surface area (Å²) < 4.78 is 22.7. The van der Waals surface area contributed by atoms with Crippen molar-refractivity contribution in [2.24, 2.45) is 4.99 Å². The number of piperidine rings is 1. The average Bonchev–Trinajstić information content (AvgIpc) is 2.70. The Morgan fingerprint density at radius 3 is 2.43 bits per heavy atom. The zero-order valence-electron chi connectivity index (χ0n) is 19.2. The van der Waals surface area contributed by atoms with Crippen LogP contribution in [0.2, 0.25) is 0 Å². The predicted molar refractivity (Wildman–Crippen MR) is 127 cm³/mol. The van der Waals surface area contributed by atoms with Gasteiger partial charge in [0.2, 0.25) is 0 Å². The van der Waals surface area contributed by atoms with E-state index in [4.69, 9.17) is 4.99 Å². The maximum atomic E-state index is 11.4. The van der Waals surface area contributed by atoms with Crippen molar-refractivity contribution in [2.45, 2.75) is 58.4 Å². The molecule has 6 nitrogen and oxygen atoms in total. The summed E-state index contributed by atoms with van der Waals surface area (Å²) in [6, 6.07) is 9.33. The van der Waals surface area contributed by atoms with Crippen LogP contribution in [-0.4, -0.2) is 70.1 Å². The lowest BCUT2D eigenvalue weighted by Crippen LogP contribution is -2.49. The lowest BCUT2D eigenvalue weighted by atomic mass is 10.0. The Labute approximate surface area is 183 Å². The molecule has 0 bridgehead atoms. The van der Waals surface area contributed by atoms with Gasteiger partial charge in [-0.25, -0.2) is 8.42 Å². The molecule has 30 heavy (non-hydrogen) atoms. The SMILES string of the molecule is CCNC(=NCCCc1ccc(C(C)C)cc1)NC1CCN(CCS(C)(=O)=O)CC1. The minimum atomic E-state index is -2.89. The Morgan fingerprint density at radius 2 is 1.87 bits per heavy atom. The number of sulfone groups is 1. The monoisotopic (exact) mass is 436 g/mol. The van der Waals surface area contributed by atoms with Gasteiger partial charge >= 0.3 is 0 Å². The van der Waals surface area contributed by atoms with E-state index in [1.165, 1.54) is 17.4 Å². The smallest absolute Gasteiger partial charge is 0.191 e. The Morgan fingerprint density at radius 1 is 1.20 bits per heavy atom. The summed E-state index contributed by atoms with van der Waals surface area (Å²) in [5.41, 5.74) is 2.76. The second kappa shape index (κ2) is 12.3. The lowest BCUT2D eigenvalue weighted by molar-refractivity contribution is 0.216. The maximum absolute atomic E-state index is 11.4. The molecule has 0 aromatic heterocycles. The normalized spacial score (nSPS) is 16.8. The van der Waals surface area contributed by atoms with E-state index in [1.54, 1.807) is 0 Å². The van der Waals surface area contributed by atoms with Crippen LogP contribution in [0.1, 0.15) is 57.1 Å². The van der Waals surface area contributed by atoms with Crippen molar-refractivity contribution >= 4 is 15.8 Å². The molecule has 0 unspecified atom stereocenters. The summed E-state index contributed by atoms with van der Waals surface area (Å²) >= 11 is 0. The summed E-state index contributed by atoms with van der Waals surface area (Å²) in [4.78, 5) is 7.00. The Balaban J connectivity index is 1.74. The molecule has 1 aliphatic rings. The minimum absolute atomic E-state index is 0.245. The van der Waals surface area contributed by atoms with Crippen LogP contribution in [0.3, 0.4) is 0 Å². The first-order valence-corrected chi connectivity index (χ1v) is 13.4. The highest BCUT2D eigenvalue weighted by Gasteiger charge is 2.20. The molecular formula is C23H40N4O2S. The van der Waals surface area contributed by atoms with Gasteiger partial charge in [-0.1, -0.05) is 38.1 Å². The number of aliphatic imine (C=N–C) groups is 1. The molecule has 170 valence electrons. The van der Waals surface area contributed by atoms with Gasteiger partial charge in [-0.05, 0) is 49.7 Å². The molecule has 2 N–H and O–H groups in total. The summed E-state index contributed by atoms with van der Waals surface area (Å²) in [6.45, 7) is 10.7. The average molecular weight is 437 g/mol. The fourth-order valence-electron chi connectivity index (χ4n) is 3.65. The number of rotatable bonds is 10. The summed E-state index contributed by atoms with van der Waals surface area (Å²) in [5, 5.41) is 6.91. The number of likely N-dealkylation sites (tertiary alicyclic amines) is 1. The zero-order chi connectivity index (χ0) is 22.0. The van der Waals surface area contributed by atoms with Crippen molar-refractivity contribution in [2.75, 3.05) is 44.7 Å². The summed E-state index contributed by atoms with van der Waals surface area (Å²) in [5.74, 6) is 1.71. The molecule has 1 fully saturated rings. The molecule has 0 saturated carbocycles. The largest absolute Gasteiger partial charge is 0.357 e. The third kappa shape index (κ3) is 9.47. The van der Waals surface area contributed by atoms with Gasteiger partial charge in [-0.3, -0.25) is 4.99 Å². The first-order valence-electron chi connectivity index (χ1n) is 11.3. The molecule has 1 heterocycles. The molecule has 2 rings (SSSR count). The maximum Gasteiger partial charge on any atom is 0.191 e. The van der Waals surface area contributed by atoms with Gasteiger partial charge in [0, 0.05) is 45.0 Å². The fraction of sp³-hybridized carbons (Fsp3) is 0.696. The Hall–Kier alpha value is -1.60. The summed E-state index contributed by atoms with van der Waals surface area (Å²) in [6.07, 6.45) is 5.40. The molecular weight excluding hydrogens is 396 g/mol. The van der Waals surface area contributed by atoms with Crippen LogP contribution in [0.25, 0.3) is 0 Å². The van der Waals surface area contributed by atoms with Gasteiger partial charge in [0.1, 0.15) is 9.84 Å². The van der Waals surface area contributed by atoms with E-state index in [0.717, 1.165) is 57.8 Å². The van der Waals surface area contributed by atoms with Crippen molar-refractivity contribution in [1.82, 2.24) is 15.5 Å². The van der Waals surface area contributed by atoms with Gasteiger partial charge in [0.05, 0.1) is 5.75 Å². The van der Waals surface area contributed by atoms with Gasteiger partial charge in [0.25, 0.3) is 0 Å². The van der Waals surface area contributed by atoms with E-state index < -0.39 is 9.84 Å². The molecule has 7 heteroatoms. The Bertz CT molecular complexity index is 752. The molecule has 0 radical (unpaired) electrons. The van der Waals surface area contributed by atoms with E-state index in [2.05, 4.69) is 60.6 Å². The van der Waals surface area contributed by atoms with E-state index in [-0.39, 0.29) is 5.75 Å². The van der Waals surface area contributed by atoms with E-state index in [9.17, 15) is 8.42 Å². The molecule has 0 amide bonds. The first kappa shape index (κ1) is 24.7. The predicted octanol–water partition coefficient (Wildman–Crippen LogP) is 2.81. The second-order valence-corrected chi connectivity index (χ2v) is 10.9. The Kier molecular flexibility index (Phi) is 10.1. The highest BCUT2D eigenvalue weighted by Crippen LogP contribution is 2.15. The molecule has 1 aromatic carbocycles. The number of nitrogens with one attached hydrogen (secondary N) is 2. The number of guanidine groups is 1.